The third-order valence-electron chi connectivity index (χ3n) is 3.03. The molecule has 0 spiro atoms. The summed E-state index contributed by atoms with van der Waals surface area (Å²) in [6, 6.07) is 0.525. The minimum absolute atomic E-state index is 0.00348. The van der Waals surface area contributed by atoms with E-state index >= 15 is 0 Å². The molecule has 98 valence electrons. The van der Waals surface area contributed by atoms with Crippen molar-refractivity contribution in [1.82, 2.24) is 10.3 Å². The van der Waals surface area contributed by atoms with E-state index in [9.17, 15) is 10.1 Å². The van der Waals surface area contributed by atoms with Crippen LogP contribution in [0.4, 0.5) is 11.4 Å². The Hall–Kier alpha value is -1.21. The highest BCUT2D eigenvalue weighted by molar-refractivity contribution is 9.10. The Morgan fingerprint density at radius 3 is 3.11 bits per heavy atom. The molecule has 1 unspecified atom stereocenters. The number of rotatable bonds is 5. The predicted octanol–water partition coefficient (Wildman–Crippen LogP) is 2.31. The van der Waals surface area contributed by atoms with E-state index in [4.69, 9.17) is 0 Å². The van der Waals surface area contributed by atoms with E-state index in [2.05, 4.69) is 31.5 Å². The van der Waals surface area contributed by atoms with Crippen LogP contribution in [0.15, 0.2) is 16.9 Å². The Balaban J connectivity index is 1.97. The molecule has 7 heteroatoms. The Bertz CT molecular complexity index is 435. The van der Waals surface area contributed by atoms with Gasteiger partial charge in [-0.05, 0) is 41.7 Å². The minimum Gasteiger partial charge on any atom is -0.378 e. The molecule has 1 aromatic heterocycles. The number of nitrogens with zero attached hydrogens (tertiary/aromatic N) is 2. The third kappa shape index (κ3) is 3.17. The molecule has 6 nitrogen and oxygen atoms in total. The fourth-order valence-corrected chi connectivity index (χ4v) is 2.57. The van der Waals surface area contributed by atoms with Crippen LogP contribution in [0.5, 0.6) is 0 Å². The second-order valence-corrected chi connectivity index (χ2v) is 5.14. The monoisotopic (exact) mass is 314 g/mol. The van der Waals surface area contributed by atoms with E-state index < -0.39 is 4.92 Å². The van der Waals surface area contributed by atoms with Gasteiger partial charge in [-0.1, -0.05) is 0 Å². The molecule has 0 bridgehead atoms. The van der Waals surface area contributed by atoms with Crippen LogP contribution in [0.2, 0.25) is 0 Å². The molecule has 1 saturated heterocycles. The van der Waals surface area contributed by atoms with Crippen molar-refractivity contribution in [2.45, 2.75) is 25.3 Å². The molecule has 0 aliphatic carbocycles. The fourth-order valence-electron chi connectivity index (χ4n) is 2.11. The van der Waals surface area contributed by atoms with Crippen molar-refractivity contribution in [3.63, 3.8) is 0 Å². The minimum atomic E-state index is -0.423. The van der Waals surface area contributed by atoms with Gasteiger partial charge < -0.3 is 10.6 Å². The van der Waals surface area contributed by atoms with Crippen molar-refractivity contribution in [3.8, 4) is 0 Å². The number of nitrogens with one attached hydrogen (secondary N) is 2. The first-order chi connectivity index (χ1) is 8.68. The molecule has 1 atom stereocenters. The van der Waals surface area contributed by atoms with E-state index in [1.165, 1.54) is 19.0 Å². The highest BCUT2D eigenvalue weighted by Crippen LogP contribution is 2.30. The molecule has 1 aliphatic heterocycles. The molecule has 2 N–H and O–H groups in total. The van der Waals surface area contributed by atoms with Gasteiger partial charge in [-0.25, -0.2) is 0 Å². The van der Waals surface area contributed by atoms with Crippen LogP contribution < -0.4 is 10.6 Å². The summed E-state index contributed by atoms with van der Waals surface area (Å²) in [5.74, 6) is 0. The van der Waals surface area contributed by atoms with E-state index in [0.717, 1.165) is 13.0 Å². The van der Waals surface area contributed by atoms with Crippen LogP contribution >= 0.6 is 15.9 Å². The highest BCUT2D eigenvalue weighted by Gasteiger charge is 2.18. The molecule has 0 saturated carbocycles. The van der Waals surface area contributed by atoms with Crippen LogP contribution in [-0.4, -0.2) is 29.0 Å². The molecule has 0 radical (unpaired) electrons. The van der Waals surface area contributed by atoms with Crippen molar-refractivity contribution in [1.29, 1.82) is 0 Å². The molecule has 2 heterocycles. The van der Waals surface area contributed by atoms with Crippen molar-refractivity contribution in [2.24, 2.45) is 0 Å². The largest absolute Gasteiger partial charge is 0.378 e. The number of anilines is 1. The van der Waals surface area contributed by atoms with Crippen LogP contribution in [0.3, 0.4) is 0 Å². The summed E-state index contributed by atoms with van der Waals surface area (Å²) in [6.07, 6.45) is 6.18. The normalized spacial score (nSPS) is 18.8. The van der Waals surface area contributed by atoms with Gasteiger partial charge in [0.05, 0.1) is 9.40 Å². The Kier molecular flexibility index (Phi) is 4.48. The van der Waals surface area contributed by atoms with Crippen molar-refractivity contribution in [3.05, 3.63) is 27.0 Å². The first-order valence-electron chi connectivity index (χ1n) is 5.93. The topological polar surface area (TPSA) is 80.1 Å². The zero-order chi connectivity index (χ0) is 13.0. The summed E-state index contributed by atoms with van der Waals surface area (Å²) in [7, 11) is 0. The summed E-state index contributed by atoms with van der Waals surface area (Å²) in [4.78, 5) is 14.3. The van der Waals surface area contributed by atoms with Crippen LogP contribution in [0.25, 0.3) is 0 Å². The smallest absolute Gasteiger partial charge is 0.311 e. The lowest BCUT2D eigenvalue weighted by molar-refractivity contribution is -0.384. The van der Waals surface area contributed by atoms with Crippen LogP contribution in [-0.2, 0) is 0 Å². The van der Waals surface area contributed by atoms with Gasteiger partial charge in [0.15, 0.2) is 0 Å². The zero-order valence-corrected chi connectivity index (χ0v) is 11.4. The van der Waals surface area contributed by atoms with Crippen LogP contribution in [0, 0.1) is 10.1 Å². The number of pyridine rings is 1. The van der Waals surface area contributed by atoms with Crippen molar-refractivity contribution in [2.75, 3.05) is 18.4 Å². The highest BCUT2D eigenvalue weighted by atomic mass is 79.9. The summed E-state index contributed by atoms with van der Waals surface area (Å²) < 4.78 is 0.621. The molecule has 18 heavy (non-hydrogen) atoms. The SMILES string of the molecule is O=[N+]([O-])c1cncc(Br)c1NCCC1CCCN1. The zero-order valence-electron chi connectivity index (χ0n) is 9.86. The second kappa shape index (κ2) is 6.10. The first kappa shape index (κ1) is 13.2. The Morgan fingerprint density at radius 1 is 1.61 bits per heavy atom. The Labute approximate surface area is 113 Å². The molecular weight excluding hydrogens is 300 g/mol. The molecule has 1 fully saturated rings. The quantitative estimate of drug-likeness (QED) is 0.644. The lowest BCUT2D eigenvalue weighted by Crippen LogP contribution is -2.24. The van der Waals surface area contributed by atoms with Gasteiger partial charge in [0, 0.05) is 18.8 Å². The second-order valence-electron chi connectivity index (χ2n) is 4.28. The van der Waals surface area contributed by atoms with Gasteiger partial charge in [0.2, 0.25) is 0 Å². The maximum Gasteiger partial charge on any atom is 0.311 e. The van der Waals surface area contributed by atoms with Gasteiger partial charge >= 0.3 is 5.69 Å². The van der Waals surface area contributed by atoms with Gasteiger partial charge in [-0.2, -0.15) is 0 Å². The van der Waals surface area contributed by atoms with Gasteiger partial charge in [-0.15, -0.1) is 0 Å². The molecule has 1 aliphatic rings. The van der Waals surface area contributed by atoms with Gasteiger partial charge in [-0.3, -0.25) is 15.1 Å². The lowest BCUT2D eigenvalue weighted by atomic mass is 10.1. The van der Waals surface area contributed by atoms with Gasteiger partial charge in [0.1, 0.15) is 11.9 Å². The van der Waals surface area contributed by atoms with E-state index in [1.54, 1.807) is 6.20 Å². The molecule has 2 rings (SSSR count). The predicted molar refractivity (Wildman–Crippen MR) is 72.7 cm³/mol. The van der Waals surface area contributed by atoms with E-state index in [1.807, 2.05) is 0 Å². The number of hydrogen-bond acceptors (Lipinski definition) is 5. The maximum atomic E-state index is 10.9. The summed E-state index contributed by atoms with van der Waals surface area (Å²) in [5, 5.41) is 17.4. The first-order valence-corrected chi connectivity index (χ1v) is 6.73. The number of hydrogen-bond donors (Lipinski definition) is 2. The van der Waals surface area contributed by atoms with Crippen LogP contribution in [0.1, 0.15) is 19.3 Å². The molecule has 1 aromatic rings. The average molecular weight is 315 g/mol. The number of nitro groups is 1. The number of halogens is 1. The molecule has 0 amide bonds. The molecular formula is C11H15BrN4O2. The summed E-state index contributed by atoms with van der Waals surface area (Å²) in [5.41, 5.74) is 0.511. The standard InChI is InChI=1S/C11H15BrN4O2/c12-9-6-13-7-10(16(17)18)11(9)15-5-3-8-2-1-4-14-8/h6-8,14H,1-5H2,(H,13,15). The van der Waals surface area contributed by atoms with Crippen molar-refractivity contribution < 1.29 is 4.92 Å². The third-order valence-corrected chi connectivity index (χ3v) is 3.63. The fraction of sp³-hybridized carbons (Fsp3) is 0.545. The van der Waals surface area contributed by atoms with E-state index in [0.29, 0.717) is 22.7 Å². The maximum absolute atomic E-state index is 10.9. The average Bonchev–Trinajstić information content (AvgIpc) is 2.84. The van der Waals surface area contributed by atoms with E-state index in [-0.39, 0.29) is 5.69 Å². The lowest BCUT2D eigenvalue weighted by Gasteiger charge is -2.12. The number of aromatic nitrogens is 1. The van der Waals surface area contributed by atoms with Crippen molar-refractivity contribution >= 4 is 27.3 Å². The molecule has 0 aromatic carbocycles. The summed E-state index contributed by atoms with van der Waals surface area (Å²) >= 11 is 3.28. The van der Waals surface area contributed by atoms with Gasteiger partial charge in [0.25, 0.3) is 0 Å². The summed E-state index contributed by atoms with van der Waals surface area (Å²) in [6.45, 7) is 1.78. The Morgan fingerprint density at radius 2 is 2.44 bits per heavy atom.